The van der Waals surface area contributed by atoms with Gasteiger partial charge in [0.05, 0.1) is 23.4 Å². The van der Waals surface area contributed by atoms with Gasteiger partial charge in [0.25, 0.3) is 0 Å². The van der Waals surface area contributed by atoms with Crippen molar-refractivity contribution in [3.05, 3.63) is 16.1 Å². The summed E-state index contributed by atoms with van der Waals surface area (Å²) in [6.07, 6.45) is -0.398. The van der Waals surface area contributed by atoms with Crippen molar-refractivity contribution in [2.45, 2.75) is 26.8 Å². The maximum atomic E-state index is 11.1. The lowest BCUT2D eigenvalue weighted by molar-refractivity contribution is 0.148. The smallest absolute Gasteiger partial charge is 0.407 e. The van der Waals surface area contributed by atoms with Gasteiger partial charge < -0.3 is 10.1 Å². The average Bonchev–Trinajstić information content (AvgIpc) is 2.52. The van der Waals surface area contributed by atoms with Crippen LogP contribution in [0, 0.1) is 6.92 Å². The highest BCUT2D eigenvalue weighted by Crippen LogP contribution is 2.15. The molecule has 0 radical (unpaired) electrons. The van der Waals surface area contributed by atoms with Crippen molar-refractivity contribution in [3.63, 3.8) is 0 Å². The van der Waals surface area contributed by atoms with Crippen molar-refractivity contribution >= 4 is 17.4 Å². The van der Waals surface area contributed by atoms with E-state index in [-0.39, 0.29) is 6.04 Å². The lowest BCUT2D eigenvalue weighted by Crippen LogP contribution is -2.27. The van der Waals surface area contributed by atoms with Crippen LogP contribution in [0.3, 0.4) is 0 Å². The second-order valence-electron chi connectivity index (χ2n) is 2.88. The molecule has 1 unspecified atom stereocenters. The summed E-state index contributed by atoms with van der Waals surface area (Å²) in [5, 5.41) is 5.63. The van der Waals surface area contributed by atoms with Crippen LogP contribution in [0.2, 0.25) is 0 Å². The molecule has 1 heterocycles. The summed E-state index contributed by atoms with van der Waals surface area (Å²) >= 11 is 1.57. The van der Waals surface area contributed by atoms with Crippen LogP contribution in [0.15, 0.2) is 5.38 Å². The summed E-state index contributed by atoms with van der Waals surface area (Å²) in [5.74, 6) is 0. The molecule has 0 fully saturated rings. The number of nitrogens with one attached hydrogen (secondary N) is 1. The van der Waals surface area contributed by atoms with Gasteiger partial charge in [-0.3, -0.25) is 0 Å². The van der Waals surface area contributed by atoms with Gasteiger partial charge in [0.15, 0.2) is 0 Å². The van der Waals surface area contributed by atoms with Crippen molar-refractivity contribution in [3.8, 4) is 0 Å². The highest BCUT2D eigenvalue weighted by atomic mass is 32.1. The molecule has 0 aromatic carbocycles. The number of carbonyl (C=O) groups excluding carboxylic acids is 1. The van der Waals surface area contributed by atoms with Crippen molar-refractivity contribution < 1.29 is 9.53 Å². The van der Waals surface area contributed by atoms with Crippen LogP contribution in [-0.2, 0) is 4.74 Å². The molecule has 14 heavy (non-hydrogen) atoms. The van der Waals surface area contributed by atoms with Crippen LogP contribution in [0.5, 0.6) is 0 Å². The van der Waals surface area contributed by atoms with Crippen LogP contribution >= 0.6 is 11.3 Å². The minimum absolute atomic E-state index is 0.0981. The molecule has 1 amide bonds. The molecule has 0 aliphatic heterocycles. The van der Waals surface area contributed by atoms with E-state index in [4.69, 9.17) is 4.74 Å². The van der Waals surface area contributed by atoms with E-state index < -0.39 is 6.09 Å². The summed E-state index contributed by atoms with van der Waals surface area (Å²) in [6.45, 7) is 5.97. The minimum Gasteiger partial charge on any atom is -0.450 e. The Kier molecular flexibility index (Phi) is 3.88. The molecule has 1 atom stereocenters. The number of amides is 1. The third-order valence-corrected chi connectivity index (χ3v) is 2.48. The second-order valence-corrected chi connectivity index (χ2v) is 3.94. The number of aryl methyl sites for hydroxylation is 1. The Hall–Kier alpha value is -1.10. The summed E-state index contributed by atoms with van der Waals surface area (Å²) < 4.78 is 4.77. The monoisotopic (exact) mass is 214 g/mol. The molecule has 0 saturated heterocycles. The molecule has 5 heteroatoms. The first-order chi connectivity index (χ1) is 6.63. The summed E-state index contributed by atoms with van der Waals surface area (Å²) in [7, 11) is 0. The first-order valence-corrected chi connectivity index (χ1v) is 5.36. The Morgan fingerprint density at radius 1 is 1.79 bits per heavy atom. The van der Waals surface area contributed by atoms with Crippen molar-refractivity contribution in [2.75, 3.05) is 6.61 Å². The van der Waals surface area contributed by atoms with Gasteiger partial charge in [0.2, 0.25) is 0 Å². The fourth-order valence-electron chi connectivity index (χ4n) is 1.00. The van der Waals surface area contributed by atoms with Crippen LogP contribution in [0.25, 0.3) is 0 Å². The maximum absolute atomic E-state index is 11.1. The van der Waals surface area contributed by atoms with E-state index in [1.54, 1.807) is 18.3 Å². The molecule has 1 aromatic rings. The molecule has 0 bridgehead atoms. The number of nitrogens with zero attached hydrogens (tertiary/aromatic N) is 1. The standard InChI is InChI=1S/C9H14N2O2S/c1-4-13-9(12)10-6(2)8-5-14-7(3)11-8/h5-6H,4H2,1-3H3,(H,10,12). The molecule has 1 rings (SSSR count). The molecule has 0 aliphatic rings. The highest BCUT2D eigenvalue weighted by molar-refractivity contribution is 7.09. The van der Waals surface area contributed by atoms with Gasteiger partial charge in [-0.05, 0) is 20.8 Å². The summed E-state index contributed by atoms with van der Waals surface area (Å²) in [5.41, 5.74) is 0.876. The lowest BCUT2D eigenvalue weighted by Gasteiger charge is -2.10. The molecule has 78 valence electrons. The Morgan fingerprint density at radius 2 is 2.50 bits per heavy atom. The zero-order chi connectivity index (χ0) is 10.6. The van der Waals surface area contributed by atoms with Gasteiger partial charge >= 0.3 is 6.09 Å². The molecule has 1 N–H and O–H groups in total. The minimum atomic E-state index is -0.398. The Bertz CT molecular complexity index is 312. The summed E-state index contributed by atoms with van der Waals surface area (Å²) in [4.78, 5) is 15.3. The largest absolute Gasteiger partial charge is 0.450 e. The van der Waals surface area contributed by atoms with E-state index in [1.807, 2.05) is 19.2 Å². The quantitative estimate of drug-likeness (QED) is 0.839. The Balaban J connectivity index is 2.50. The molecular formula is C9H14N2O2S. The molecule has 0 saturated carbocycles. The van der Waals surface area contributed by atoms with Gasteiger partial charge in [-0.15, -0.1) is 11.3 Å². The van der Waals surface area contributed by atoms with Gasteiger partial charge in [-0.2, -0.15) is 0 Å². The molecule has 0 aliphatic carbocycles. The van der Waals surface area contributed by atoms with Crippen LogP contribution in [-0.4, -0.2) is 17.7 Å². The topological polar surface area (TPSA) is 51.2 Å². The van der Waals surface area contributed by atoms with E-state index in [9.17, 15) is 4.79 Å². The first-order valence-electron chi connectivity index (χ1n) is 4.48. The van der Waals surface area contributed by atoms with Gasteiger partial charge in [0.1, 0.15) is 0 Å². The van der Waals surface area contributed by atoms with E-state index in [0.29, 0.717) is 6.61 Å². The van der Waals surface area contributed by atoms with E-state index >= 15 is 0 Å². The normalized spacial score (nSPS) is 12.2. The number of ether oxygens (including phenoxy) is 1. The van der Waals surface area contributed by atoms with Crippen molar-refractivity contribution in [2.24, 2.45) is 0 Å². The molecule has 0 spiro atoms. The number of hydrogen-bond acceptors (Lipinski definition) is 4. The highest BCUT2D eigenvalue weighted by Gasteiger charge is 2.11. The Labute approximate surface area is 87.3 Å². The van der Waals surface area contributed by atoms with E-state index in [2.05, 4.69) is 10.3 Å². The summed E-state index contributed by atoms with van der Waals surface area (Å²) in [6, 6.07) is -0.0981. The lowest BCUT2D eigenvalue weighted by atomic mass is 10.3. The predicted octanol–water partition coefficient (Wildman–Crippen LogP) is 2.26. The fraction of sp³-hybridized carbons (Fsp3) is 0.556. The zero-order valence-electron chi connectivity index (χ0n) is 8.53. The van der Waals surface area contributed by atoms with Gasteiger partial charge in [-0.25, -0.2) is 9.78 Å². The number of hydrogen-bond donors (Lipinski definition) is 1. The SMILES string of the molecule is CCOC(=O)NC(C)c1csc(C)n1. The molecular weight excluding hydrogens is 200 g/mol. The van der Waals surface area contributed by atoms with E-state index in [0.717, 1.165) is 10.7 Å². The number of carbonyl (C=O) groups is 1. The molecule has 1 aromatic heterocycles. The maximum Gasteiger partial charge on any atom is 0.407 e. The van der Waals surface area contributed by atoms with Crippen LogP contribution < -0.4 is 5.32 Å². The third-order valence-electron chi connectivity index (χ3n) is 1.69. The van der Waals surface area contributed by atoms with Crippen molar-refractivity contribution in [1.82, 2.24) is 10.3 Å². The second kappa shape index (κ2) is 4.95. The number of alkyl carbamates (subject to hydrolysis) is 1. The number of rotatable bonds is 3. The first kappa shape index (κ1) is 11.0. The van der Waals surface area contributed by atoms with Crippen LogP contribution in [0.4, 0.5) is 4.79 Å². The zero-order valence-corrected chi connectivity index (χ0v) is 9.35. The van der Waals surface area contributed by atoms with Gasteiger partial charge in [-0.1, -0.05) is 0 Å². The van der Waals surface area contributed by atoms with Crippen LogP contribution in [0.1, 0.15) is 30.6 Å². The fourth-order valence-corrected chi connectivity index (χ4v) is 1.71. The number of thiazole rings is 1. The average molecular weight is 214 g/mol. The third kappa shape index (κ3) is 2.99. The Morgan fingerprint density at radius 3 is 3.00 bits per heavy atom. The number of aromatic nitrogens is 1. The molecule has 4 nitrogen and oxygen atoms in total. The van der Waals surface area contributed by atoms with E-state index in [1.165, 1.54) is 0 Å². The van der Waals surface area contributed by atoms with Crippen molar-refractivity contribution in [1.29, 1.82) is 0 Å². The van der Waals surface area contributed by atoms with Gasteiger partial charge in [0, 0.05) is 5.38 Å². The predicted molar refractivity (Wildman–Crippen MR) is 55.4 cm³/mol.